The minimum atomic E-state index is -1.11. The van der Waals surface area contributed by atoms with Gasteiger partial charge in [0.1, 0.15) is 10.7 Å². The van der Waals surface area contributed by atoms with Crippen LogP contribution < -0.4 is 0 Å². The van der Waals surface area contributed by atoms with Gasteiger partial charge in [-0.15, -0.1) is 11.3 Å². The molecule has 1 atom stereocenters. The molecule has 0 saturated heterocycles. The quantitative estimate of drug-likeness (QED) is 0.168. The maximum Gasteiger partial charge on any atom is 0.337 e. The van der Waals surface area contributed by atoms with Gasteiger partial charge in [0.15, 0.2) is 6.10 Å². The van der Waals surface area contributed by atoms with Gasteiger partial charge in [0.2, 0.25) is 0 Å². The number of aryl methyl sites for hydroxylation is 2. The number of hydrogen-bond acceptors (Lipinski definition) is 6. The number of ether oxygens (including phenoxy) is 1. The number of benzene rings is 3. The van der Waals surface area contributed by atoms with E-state index < -0.39 is 12.1 Å². The number of unbranched alkanes of at least 4 members (excludes halogenated alkanes) is 1. The number of nitrogens with zero attached hydrogens (tertiary/aromatic N) is 4. The number of thiazole rings is 1. The number of rotatable bonds is 9. The van der Waals surface area contributed by atoms with Crippen LogP contribution in [-0.2, 0) is 16.6 Å². The lowest BCUT2D eigenvalue weighted by Gasteiger charge is -2.21. The monoisotopic (exact) mass is 596 g/mol. The summed E-state index contributed by atoms with van der Waals surface area (Å²) in [5.41, 5.74) is 7.70. The average molecular weight is 597 g/mol. The molecule has 0 bridgehead atoms. The number of pyridine rings is 1. The van der Waals surface area contributed by atoms with Gasteiger partial charge in [-0.3, -0.25) is 9.67 Å². The van der Waals surface area contributed by atoms with Crippen LogP contribution >= 0.6 is 22.9 Å². The third kappa shape index (κ3) is 5.17. The second kappa shape index (κ2) is 11.6. The predicted octanol–water partition coefficient (Wildman–Crippen LogP) is 8.48. The van der Waals surface area contributed by atoms with E-state index in [-0.39, 0.29) is 0 Å². The number of hydrogen-bond donors (Lipinski definition) is 1. The molecule has 9 heteroatoms. The van der Waals surface area contributed by atoms with E-state index in [4.69, 9.17) is 26.4 Å². The molecule has 6 rings (SSSR count). The highest BCUT2D eigenvalue weighted by molar-refractivity contribution is 7.22. The van der Waals surface area contributed by atoms with Crippen molar-refractivity contribution in [1.29, 1.82) is 0 Å². The summed E-state index contributed by atoms with van der Waals surface area (Å²) in [6.07, 6.45) is 4.15. The number of carboxylic acids is 1. The molecule has 3 heterocycles. The second-order valence-electron chi connectivity index (χ2n) is 10.2. The molecule has 7 nitrogen and oxygen atoms in total. The van der Waals surface area contributed by atoms with Crippen LogP contribution in [0.15, 0.2) is 73.1 Å². The second-order valence-corrected chi connectivity index (χ2v) is 11.7. The molecule has 42 heavy (non-hydrogen) atoms. The third-order valence-electron chi connectivity index (χ3n) is 7.36. The van der Waals surface area contributed by atoms with Crippen molar-refractivity contribution in [2.24, 2.45) is 7.05 Å². The normalized spacial score (nSPS) is 12.3. The first-order valence-electron chi connectivity index (χ1n) is 13.8. The fraction of sp³-hybridized carbons (Fsp3) is 0.212. The maximum atomic E-state index is 12.6. The van der Waals surface area contributed by atoms with Gasteiger partial charge in [0.05, 0.1) is 15.7 Å². The van der Waals surface area contributed by atoms with Crippen molar-refractivity contribution >= 4 is 50.0 Å². The van der Waals surface area contributed by atoms with E-state index in [1.165, 1.54) is 0 Å². The van der Waals surface area contributed by atoms with E-state index in [0.717, 1.165) is 72.5 Å². The molecule has 0 radical (unpaired) electrons. The predicted molar refractivity (Wildman–Crippen MR) is 169 cm³/mol. The molecule has 0 fully saturated rings. The third-order valence-corrected chi connectivity index (χ3v) is 8.75. The molecule has 0 saturated carbocycles. The Labute approximate surface area is 252 Å². The van der Waals surface area contributed by atoms with Crippen molar-refractivity contribution in [3.05, 3.63) is 89.2 Å². The smallest absolute Gasteiger partial charge is 0.337 e. The van der Waals surface area contributed by atoms with Gasteiger partial charge >= 0.3 is 5.97 Å². The molecule has 212 valence electrons. The van der Waals surface area contributed by atoms with Crippen LogP contribution in [-0.4, -0.2) is 37.4 Å². The van der Waals surface area contributed by atoms with Crippen LogP contribution in [0.2, 0.25) is 5.02 Å². The van der Waals surface area contributed by atoms with Crippen molar-refractivity contribution in [1.82, 2.24) is 19.7 Å². The lowest BCUT2D eigenvalue weighted by atomic mass is 9.91. The molecule has 6 aromatic rings. The molecule has 0 aliphatic rings. The SMILES string of the molecule is CCCCOC(C(=O)O)c1c(C)cc2nc(-c3ccc4c(c3)c(-c3cccnc3)nn4C)sc2c1-c1ccc(Cl)cc1. The van der Waals surface area contributed by atoms with E-state index in [0.29, 0.717) is 17.2 Å². The Morgan fingerprint density at radius 3 is 2.60 bits per heavy atom. The average Bonchev–Trinajstić information content (AvgIpc) is 3.56. The van der Waals surface area contributed by atoms with Gasteiger partial charge in [-0.1, -0.05) is 37.1 Å². The minimum absolute atomic E-state index is 0.364. The molecule has 3 aromatic carbocycles. The Hall–Kier alpha value is -4.11. The Balaban J connectivity index is 1.55. The topological polar surface area (TPSA) is 90.1 Å². The minimum Gasteiger partial charge on any atom is -0.479 e. The van der Waals surface area contributed by atoms with Crippen molar-refractivity contribution in [3.63, 3.8) is 0 Å². The Kier molecular flexibility index (Phi) is 7.77. The largest absolute Gasteiger partial charge is 0.479 e. The van der Waals surface area contributed by atoms with Crippen LogP contribution in [0.5, 0.6) is 0 Å². The highest BCUT2D eigenvalue weighted by Crippen LogP contribution is 2.44. The maximum absolute atomic E-state index is 12.6. The van der Waals surface area contributed by atoms with Crippen molar-refractivity contribution in [2.75, 3.05) is 6.61 Å². The fourth-order valence-electron chi connectivity index (χ4n) is 5.31. The lowest BCUT2D eigenvalue weighted by Crippen LogP contribution is -2.18. The molecule has 0 amide bonds. The van der Waals surface area contributed by atoms with Crippen LogP contribution in [0.4, 0.5) is 0 Å². The molecule has 1 unspecified atom stereocenters. The van der Waals surface area contributed by atoms with E-state index in [9.17, 15) is 9.90 Å². The summed E-state index contributed by atoms with van der Waals surface area (Å²) in [5.74, 6) is -1.02. The zero-order valence-corrected chi connectivity index (χ0v) is 25.0. The first-order valence-corrected chi connectivity index (χ1v) is 15.0. The van der Waals surface area contributed by atoms with Crippen molar-refractivity contribution in [3.8, 4) is 33.0 Å². The number of carboxylic acid groups (broad SMARTS) is 1. The zero-order valence-electron chi connectivity index (χ0n) is 23.5. The lowest BCUT2D eigenvalue weighted by molar-refractivity contribution is -0.151. The standard InChI is InChI=1S/C33H29ClN4O3S/c1-4-5-15-41-30(33(39)40)27-19(2)16-25-31(28(27)20-8-11-23(34)12-9-20)42-32(36-25)21-10-13-26-24(17-21)29(37-38(26)3)22-7-6-14-35-18-22/h6-14,16-18,30H,4-5,15H2,1-3H3,(H,39,40). The van der Waals surface area contributed by atoms with E-state index in [2.05, 4.69) is 30.1 Å². The van der Waals surface area contributed by atoms with Gasteiger partial charge in [-0.05, 0) is 73.0 Å². The highest BCUT2D eigenvalue weighted by atomic mass is 35.5. The van der Waals surface area contributed by atoms with Crippen LogP contribution in [0, 0.1) is 6.92 Å². The van der Waals surface area contributed by atoms with Gasteiger partial charge in [0.25, 0.3) is 0 Å². The highest BCUT2D eigenvalue weighted by Gasteiger charge is 2.29. The zero-order chi connectivity index (χ0) is 29.4. The fourth-order valence-corrected chi connectivity index (χ4v) is 6.56. The van der Waals surface area contributed by atoms with Crippen LogP contribution in [0.3, 0.4) is 0 Å². The summed E-state index contributed by atoms with van der Waals surface area (Å²) in [6, 6.07) is 19.6. The van der Waals surface area contributed by atoms with Crippen molar-refractivity contribution in [2.45, 2.75) is 32.8 Å². The van der Waals surface area contributed by atoms with Crippen LogP contribution in [0.1, 0.15) is 37.0 Å². The summed E-state index contributed by atoms with van der Waals surface area (Å²) in [5, 5.41) is 17.5. The number of carbonyl (C=O) groups is 1. The summed E-state index contributed by atoms with van der Waals surface area (Å²) in [4.78, 5) is 21.9. The van der Waals surface area contributed by atoms with Gasteiger partial charge in [-0.2, -0.15) is 5.10 Å². The molecule has 0 aliphatic heterocycles. The van der Waals surface area contributed by atoms with Gasteiger partial charge < -0.3 is 9.84 Å². The summed E-state index contributed by atoms with van der Waals surface area (Å²) in [7, 11) is 1.93. The van der Waals surface area contributed by atoms with Gasteiger partial charge in [-0.25, -0.2) is 9.78 Å². The first-order chi connectivity index (χ1) is 20.4. The van der Waals surface area contributed by atoms with E-state index >= 15 is 0 Å². The Bertz CT molecular complexity index is 1920. The summed E-state index contributed by atoms with van der Waals surface area (Å²) < 4.78 is 8.76. The summed E-state index contributed by atoms with van der Waals surface area (Å²) in [6.45, 7) is 4.34. The number of halogens is 1. The molecule has 0 aliphatic carbocycles. The first kappa shape index (κ1) is 28.0. The number of fused-ring (bicyclic) bond motifs is 2. The van der Waals surface area contributed by atoms with Gasteiger partial charge in [0, 0.05) is 58.7 Å². The Morgan fingerprint density at radius 2 is 1.88 bits per heavy atom. The molecule has 1 N–H and O–H groups in total. The molecule has 3 aromatic heterocycles. The summed E-state index contributed by atoms with van der Waals surface area (Å²) >= 11 is 7.78. The van der Waals surface area contributed by atoms with Crippen LogP contribution in [0.25, 0.3) is 54.1 Å². The van der Waals surface area contributed by atoms with E-state index in [1.807, 2.05) is 67.3 Å². The molecule has 0 spiro atoms. The van der Waals surface area contributed by atoms with E-state index in [1.54, 1.807) is 17.5 Å². The van der Waals surface area contributed by atoms with Crippen molar-refractivity contribution < 1.29 is 14.6 Å². The molecular weight excluding hydrogens is 568 g/mol. The number of aliphatic carboxylic acids is 1. The Morgan fingerprint density at radius 1 is 1.10 bits per heavy atom. The molecular formula is C33H29ClN4O3S. The number of aromatic nitrogens is 4.